The van der Waals surface area contributed by atoms with Crippen molar-refractivity contribution >= 4 is 17.7 Å². The third-order valence-electron chi connectivity index (χ3n) is 2.55. The van der Waals surface area contributed by atoms with Crippen molar-refractivity contribution in [2.75, 3.05) is 0 Å². The quantitative estimate of drug-likeness (QED) is 0.809. The molecule has 2 aromatic rings. The molecule has 0 heterocycles. The summed E-state index contributed by atoms with van der Waals surface area (Å²) in [6.45, 7) is 0. The Bertz CT molecular complexity index is 749. The summed E-state index contributed by atoms with van der Waals surface area (Å²) in [5.74, 6) is -0.523. The number of hydrogen-bond acceptors (Lipinski definition) is 4. The molecule has 0 N–H and O–H groups in total. The molecule has 0 aromatic heterocycles. The van der Waals surface area contributed by atoms with Gasteiger partial charge in [0.2, 0.25) is 0 Å². The Morgan fingerprint density at radius 3 is 1.68 bits per heavy atom. The third-order valence-corrected chi connectivity index (χ3v) is 7.69. The normalized spacial score (nSPS) is 12.2. The van der Waals surface area contributed by atoms with Gasteiger partial charge in [-0.1, -0.05) is 48.5 Å². The van der Waals surface area contributed by atoms with Crippen molar-refractivity contribution in [1.82, 2.24) is 0 Å². The maximum absolute atomic E-state index is 12.1. The van der Waals surface area contributed by atoms with E-state index in [9.17, 15) is 16.8 Å². The molecular formula is C13H12O4S2. The second kappa shape index (κ2) is 5.14. The molecule has 0 bridgehead atoms. The Balaban J connectivity index is 2.41. The first kappa shape index (κ1) is 13.8. The zero-order chi connectivity index (χ0) is 13.9. The molecule has 19 heavy (non-hydrogen) atoms. The first-order valence-electron chi connectivity index (χ1n) is 5.50. The highest BCUT2D eigenvalue weighted by atomic mass is 33.2. The minimum absolute atomic E-state index is 0.203. The van der Waals surface area contributed by atoms with Crippen LogP contribution < -0.4 is 0 Å². The van der Waals surface area contributed by atoms with E-state index in [1.807, 2.05) is 0 Å². The summed E-state index contributed by atoms with van der Waals surface area (Å²) in [7, 11) is -8.66. The van der Waals surface area contributed by atoms with Gasteiger partial charge in [-0.05, 0) is 17.7 Å². The van der Waals surface area contributed by atoms with E-state index in [4.69, 9.17) is 0 Å². The molecule has 0 fully saturated rings. The van der Waals surface area contributed by atoms with E-state index in [2.05, 4.69) is 0 Å². The fourth-order valence-electron chi connectivity index (χ4n) is 1.59. The van der Waals surface area contributed by atoms with Crippen LogP contribution in [0.25, 0.3) is 0 Å². The number of benzene rings is 2. The number of hydrogen-bond donors (Lipinski definition) is 0. The van der Waals surface area contributed by atoms with Crippen LogP contribution >= 0.6 is 0 Å². The lowest BCUT2D eigenvalue weighted by atomic mass is 10.2. The van der Waals surface area contributed by atoms with E-state index in [0.29, 0.717) is 5.56 Å². The van der Waals surface area contributed by atoms with Crippen molar-refractivity contribution in [3.63, 3.8) is 0 Å². The molecule has 0 amide bonds. The average molecular weight is 296 g/mol. The first-order chi connectivity index (χ1) is 8.93. The molecule has 0 saturated carbocycles. The van der Waals surface area contributed by atoms with Crippen LogP contribution in [0.15, 0.2) is 65.6 Å². The van der Waals surface area contributed by atoms with Crippen LogP contribution in [0.4, 0.5) is 0 Å². The van der Waals surface area contributed by atoms with Gasteiger partial charge < -0.3 is 0 Å². The maximum Gasteiger partial charge on any atom is 0.282 e. The average Bonchev–Trinajstić information content (AvgIpc) is 2.40. The molecule has 100 valence electrons. The zero-order valence-electron chi connectivity index (χ0n) is 9.93. The lowest BCUT2D eigenvalue weighted by Gasteiger charge is -2.06. The Labute approximate surface area is 112 Å². The SMILES string of the molecule is O=S(=O)(Cc1ccccc1)S(=O)(=O)c1ccccc1. The van der Waals surface area contributed by atoms with Crippen LogP contribution in [-0.4, -0.2) is 16.8 Å². The van der Waals surface area contributed by atoms with Crippen LogP contribution in [0.1, 0.15) is 5.56 Å². The van der Waals surface area contributed by atoms with Crippen LogP contribution in [0.2, 0.25) is 0 Å². The second-order valence-corrected chi connectivity index (χ2v) is 9.58. The summed E-state index contributed by atoms with van der Waals surface area (Å²) < 4.78 is 48.2. The highest BCUT2D eigenvalue weighted by molar-refractivity contribution is 8.66. The molecular weight excluding hydrogens is 284 g/mol. The summed E-state index contributed by atoms with van der Waals surface area (Å²) >= 11 is 0. The fourth-order valence-corrected chi connectivity index (χ4v) is 5.22. The smallest absolute Gasteiger partial charge is 0.212 e. The van der Waals surface area contributed by atoms with Gasteiger partial charge in [0.25, 0.3) is 17.7 Å². The minimum Gasteiger partial charge on any atom is -0.212 e. The molecule has 0 aliphatic rings. The van der Waals surface area contributed by atoms with Gasteiger partial charge in [0, 0.05) is 0 Å². The van der Waals surface area contributed by atoms with Gasteiger partial charge in [-0.3, -0.25) is 0 Å². The van der Waals surface area contributed by atoms with Gasteiger partial charge in [0.1, 0.15) is 0 Å². The Kier molecular flexibility index (Phi) is 3.73. The van der Waals surface area contributed by atoms with Gasteiger partial charge in [-0.25, -0.2) is 16.8 Å². The number of rotatable bonds is 4. The lowest BCUT2D eigenvalue weighted by molar-refractivity contribution is 0.582. The Hall–Kier alpha value is -1.66. The monoisotopic (exact) mass is 296 g/mol. The summed E-state index contributed by atoms with van der Waals surface area (Å²) in [5, 5.41) is 0. The van der Waals surface area contributed by atoms with E-state index in [0.717, 1.165) is 0 Å². The highest BCUT2D eigenvalue weighted by Crippen LogP contribution is 2.20. The summed E-state index contributed by atoms with van der Waals surface area (Å²) in [6.07, 6.45) is 0. The molecule has 2 aromatic carbocycles. The third kappa shape index (κ3) is 2.85. The molecule has 0 aliphatic carbocycles. The van der Waals surface area contributed by atoms with Crippen molar-refractivity contribution in [2.45, 2.75) is 10.6 Å². The van der Waals surface area contributed by atoms with Gasteiger partial charge in [-0.15, -0.1) is 0 Å². The minimum atomic E-state index is -4.36. The molecule has 0 unspecified atom stereocenters. The standard InChI is InChI=1S/C13H12O4S2/c14-18(15,11-12-7-3-1-4-8-12)19(16,17)13-9-5-2-6-10-13/h1-10H,11H2. The maximum atomic E-state index is 12.1. The van der Waals surface area contributed by atoms with Gasteiger partial charge >= 0.3 is 0 Å². The summed E-state index contributed by atoms with van der Waals surface area (Å²) in [6, 6.07) is 15.4. The predicted molar refractivity (Wildman–Crippen MR) is 72.7 cm³/mol. The van der Waals surface area contributed by atoms with Crippen molar-refractivity contribution in [2.24, 2.45) is 0 Å². The molecule has 0 spiro atoms. The molecule has 6 heteroatoms. The molecule has 0 saturated heterocycles. The molecule has 0 radical (unpaired) electrons. The first-order valence-corrected chi connectivity index (χ1v) is 9.15. The lowest BCUT2D eigenvalue weighted by Crippen LogP contribution is -2.17. The van der Waals surface area contributed by atoms with Crippen LogP contribution in [0, 0.1) is 0 Å². The highest BCUT2D eigenvalue weighted by Gasteiger charge is 2.31. The second-order valence-electron chi connectivity index (χ2n) is 3.95. The van der Waals surface area contributed by atoms with E-state index in [1.54, 1.807) is 36.4 Å². The molecule has 2 rings (SSSR count). The molecule has 0 aliphatic heterocycles. The predicted octanol–water partition coefficient (Wildman–Crippen LogP) is 1.99. The molecule has 0 atom stereocenters. The summed E-state index contributed by atoms with van der Waals surface area (Å²) in [4.78, 5) is -0.203. The Morgan fingerprint density at radius 2 is 1.16 bits per heavy atom. The van der Waals surface area contributed by atoms with Crippen molar-refractivity contribution in [3.8, 4) is 0 Å². The summed E-state index contributed by atoms with van der Waals surface area (Å²) in [5.41, 5.74) is 0.446. The van der Waals surface area contributed by atoms with E-state index < -0.39 is 23.5 Å². The van der Waals surface area contributed by atoms with E-state index in [-0.39, 0.29) is 4.90 Å². The fraction of sp³-hybridized carbons (Fsp3) is 0.0769. The van der Waals surface area contributed by atoms with Crippen LogP contribution in [-0.2, 0) is 23.5 Å². The topological polar surface area (TPSA) is 68.3 Å². The largest absolute Gasteiger partial charge is 0.282 e. The Morgan fingerprint density at radius 1 is 0.684 bits per heavy atom. The van der Waals surface area contributed by atoms with Crippen LogP contribution in [0.5, 0.6) is 0 Å². The van der Waals surface area contributed by atoms with E-state index >= 15 is 0 Å². The van der Waals surface area contributed by atoms with Gasteiger partial charge in [0.15, 0.2) is 0 Å². The zero-order valence-corrected chi connectivity index (χ0v) is 11.6. The van der Waals surface area contributed by atoms with E-state index in [1.165, 1.54) is 24.3 Å². The van der Waals surface area contributed by atoms with Crippen LogP contribution in [0.3, 0.4) is 0 Å². The van der Waals surface area contributed by atoms with Gasteiger partial charge in [0.05, 0.1) is 10.6 Å². The van der Waals surface area contributed by atoms with Crippen molar-refractivity contribution in [3.05, 3.63) is 66.2 Å². The molecule has 4 nitrogen and oxygen atoms in total. The van der Waals surface area contributed by atoms with Gasteiger partial charge in [-0.2, -0.15) is 0 Å². The van der Waals surface area contributed by atoms with Crippen molar-refractivity contribution in [1.29, 1.82) is 0 Å². The van der Waals surface area contributed by atoms with Crippen molar-refractivity contribution < 1.29 is 16.8 Å².